The summed E-state index contributed by atoms with van der Waals surface area (Å²) in [4.78, 5) is 13.8. The van der Waals surface area contributed by atoms with Gasteiger partial charge in [-0.15, -0.1) is 0 Å². The summed E-state index contributed by atoms with van der Waals surface area (Å²) in [7, 11) is 2.03. The monoisotopic (exact) mass is 433 g/mol. The van der Waals surface area contributed by atoms with Crippen LogP contribution >= 0.6 is 0 Å². The first-order valence-electron chi connectivity index (χ1n) is 11.5. The van der Waals surface area contributed by atoms with Crippen molar-refractivity contribution in [1.82, 2.24) is 4.40 Å². The highest BCUT2D eigenvalue weighted by molar-refractivity contribution is 6.15. The maximum absolute atomic E-state index is 13.8. The first-order valence-corrected chi connectivity index (χ1v) is 11.5. The molecule has 0 saturated heterocycles. The lowest BCUT2D eigenvalue weighted by molar-refractivity contribution is -0.617. The van der Waals surface area contributed by atoms with E-state index in [0.717, 1.165) is 51.4 Å². The molecule has 6 rings (SSSR count). The van der Waals surface area contributed by atoms with E-state index in [1.165, 1.54) is 16.5 Å². The zero-order chi connectivity index (χ0) is 22.5. The van der Waals surface area contributed by atoms with Gasteiger partial charge < -0.3 is 4.74 Å². The van der Waals surface area contributed by atoms with Crippen molar-refractivity contribution in [2.75, 3.05) is 6.61 Å². The number of aromatic nitrogens is 2. The number of fused-ring (bicyclic) bond motifs is 4. The van der Waals surface area contributed by atoms with E-state index in [2.05, 4.69) is 53.1 Å². The maximum Gasteiger partial charge on any atom is 0.347 e. The van der Waals surface area contributed by atoms with Crippen LogP contribution in [0.25, 0.3) is 38.2 Å². The van der Waals surface area contributed by atoms with Crippen LogP contribution in [0.1, 0.15) is 18.1 Å². The zero-order valence-corrected chi connectivity index (χ0v) is 18.8. The second-order valence-electron chi connectivity index (χ2n) is 8.59. The standard InChI is InChI=1S/C29H25N2O2/c1-3-33-21-15-17-25-26(18-21)31-28(30(25)2)23-11-7-10-22-20(13-12-19-8-5-4-6-9-19)14-16-24(27(22)23)29(31)32/h4-11,14-18H,3,12-13H2,1-2H3/q+1. The molecule has 162 valence electrons. The van der Waals surface area contributed by atoms with Gasteiger partial charge in [-0.1, -0.05) is 48.5 Å². The minimum absolute atomic E-state index is 0.0163. The van der Waals surface area contributed by atoms with Crippen LogP contribution in [0, 0.1) is 0 Å². The van der Waals surface area contributed by atoms with Crippen LogP contribution in [-0.2, 0) is 19.9 Å². The molecule has 0 aliphatic carbocycles. The predicted octanol–water partition coefficient (Wildman–Crippen LogP) is 5.21. The third-order valence-electron chi connectivity index (χ3n) is 6.72. The van der Waals surface area contributed by atoms with E-state index in [0.29, 0.717) is 6.61 Å². The summed E-state index contributed by atoms with van der Waals surface area (Å²) in [6, 6.07) is 27.1. The van der Waals surface area contributed by atoms with Crippen LogP contribution in [0.5, 0.6) is 5.75 Å². The average molecular weight is 434 g/mol. The van der Waals surface area contributed by atoms with Crippen molar-refractivity contribution in [3.8, 4) is 5.75 Å². The predicted molar refractivity (Wildman–Crippen MR) is 134 cm³/mol. The molecule has 2 aromatic heterocycles. The molecular formula is C29H25N2O2+. The van der Waals surface area contributed by atoms with Gasteiger partial charge in [0, 0.05) is 11.5 Å². The Hall–Kier alpha value is -3.92. The van der Waals surface area contributed by atoms with Crippen LogP contribution in [-0.4, -0.2) is 11.0 Å². The van der Waals surface area contributed by atoms with Crippen molar-refractivity contribution in [3.63, 3.8) is 0 Å². The van der Waals surface area contributed by atoms with E-state index in [1.54, 1.807) is 0 Å². The molecule has 4 nitrogen and oxygen atoms in total. The van der Waals surface area contributed by atoms with Crippen LogP contribution in [0.2, 0.25) is 0 Å². The maximum atomic E-state index is 13.8. The molecule has 0 aliphatic rings. The van der Waals surface area contributed by atoms with E-state index in [4.69, 9.17) is 4.74 Å². The van der Waals surface area contributed by atoms with Crippen molar-refractivity contribution in [2.24, 2.45) is 7.05 Å². The quantitative estimate of drug-likeness (QED) is 0.350. The first-order chi connectivity index (χ1) is 16.2. The molecule has 4 heteroatoms. The Labute approximate surface area is 191 Å². The summed E-state index contributed by atoms with van der Waals surface area (Å²) in [5, 5.41) is 4.08. The summed E-state index contributed by atoms with van der Waals surface area (Å²) in [6.07, 6.45) is 1.91. The lowest BCUT2D eigenvalue weighted by Crippen LogP contribution is -2.29. The van der Waals surface area contributed by atoms with Gasteiger partial charge in [0.2, 0.25) is 0 Å². The number of hydrogen-bond acceptors (Lipinski definition) is 2. The van der Waals surface area contributed by atoms with Crippen LogP contribution in [0.15, 0.2) is 83.7 Å². The number of rotatable bonds is 5. The van der Waals surface area contributed by atoms with Gasteiger partial charge in [-0.2, -0.15) is 4.40 Å². The molecule has 0 saturated carbocycles. The highest BCUT2D eigenvalue weighted by Crippen LogP contribution is 2.32. The summed E-state index contributed by atoms with van der Waals surface area (Å²) >= 11 is 0. The molecule has 0 amide bonds. The molecule has 0 spiro atoms. The van der Waals surface area contributed by atoms with Crippen molar-refractivity contribution in [2.45, 2.75) is 19.8 Å². The van der Waals surface area contributed by atoms with E-state index in [-0.39, 0.29) is 5.56 Å². The SMILES string of the molecule is CCOc1ccc2c(c1)n1c(=O)c3ccc(CCc4ccccc4)c4cccc(c43)c1[n+]2C. The molecule has 0 radical (unpaired) electrons. The van der Waals surface area contributed by atoms with E-state index in [1.807, 2.05) is 48.7 Å². The molecule has 2 heterocycles. The first kappa shape index (κ1) is 19.7. The largest absolute Gasteiger partial charge is 0.494 e. The minimum Gasteiger partial charge on any atom is -0.494 e. The van der Waals surface area contributed by atoms with Gasteiger partial charge >= 0.3 is 5.56 Å². The van der Waals surface area contributed by atoms with Crippen molar-refractivity contribution in [1.29, 1.82) is 0 Å². The number of pyridine rings is 1. The van der Waals surface area contributed by atoms with Crippen molar-refractivity contribution >= 4 is 38.2 Å². The topological polar surface area (TPSA) is 34.6 Å². The van der Waals surface area contributed by atoms with Crippen LogP contribution in [0.4, 0.5) is 0 Å². The molecule has 0 fully saturated rings. The Morgan fingerprint density at radius 1 is 0.848 bits per heavy atom. The lowest BCUT2D eigenvalue weighted by Gasteiger charge is -2.10. The lowest BCUT2D eigenvalue weighted by atomic mass is 9.94. The van der Waals surface area contributed by atoms with Gasteiger partial charge in [-0.05, 0) is 60.5 Å². The molecule has 4 aromatic carbocycles. The Morgan fingerprint density at radius 3 is 2.48 bits per heavy atom. The fourth-order valence-electron chi connectivity index (χ4n) is 5.20. The second kappa shape index (κ2) is 7.59. The second-order valence-corrected chi connectivity index (χ2v) is 8.59. The number of ether oxygens (including phenoxy) is 1. The Balaban J connectivity index is 1.63. The third-order valence-corrected chi connectivity index (χ3v) is 6.72. The number of imidazole rings is 1. The van der Waals surface area contributed by atoms with Crippen molar-refractivity contribution in [3.05, 3.63) is 100 Å². The third kappa shape index (κ3) is 2.98. The highest BCUT2D eigenvalue weighted by Gasteiger charge is 2.25. The van der Waals surface area contributed by atoms with Gasteiger partial charge in [-0.3, -0.25) is 0 Å². The fraction of sp³-hybridized carbons (Fsp3) is 0.172. The van der Waals surface area contributed by atoms with Gasteiger partial charge in [0.05, 0.1) is 24.4 Å². The Bertz CT molecular complexity index is 1700. The Morgan fingerprint density at radius 2 is 1.67 bits per heavy atom. The van der Waals surface area contributed by atoms with Gasteiger partial charge in [0.25, 0.3) is 5.65 Å². The smallest absolute Gasteiger partial charge is 0.347 e. The summed E-state index contributed by atoms with van der Waals surface area (Å²) in [5.41, 5.74) is 5.42. The normalized spacial score (nSPS) is 11.8. The molecule has 0 N–H and O–H groups in total. The molecule has 33 heavy (non-hydrogen) atoms. The highest BCUT2D eigenvalue weighted by atomic mass is 16.5. The number of nitrogens with zero attached hydrogens (tertiary/aromatic N) is 2. The van der Waals surface area contributed by atoms with E-state index >= 15 is 0 Å². The van der Waals surface area contributed by atoms with Gasteiger partial charge in [0.15, 0.2) is 11.0 Å². The summed E-state index contributed by atoms with van der Waals surface area (Å²) < 4.78 is 9.69. The zero-order valence-electron chi connectivity index (χ0n) is 18.8. The average Bonchev–Trinajstić information content (AvgIpc) is 3.14. The van der Waals surface area contributed by atoms with Gasteiger partial charge in [-0.25, -0.2) is 9.36 Å². The van der Waals surface area contributed by atoms with Crippen LogP contribution < -0.4 is 14.9 Å². The number of hydrogen-bond donors (Lipinski definition) is 0. The van der Waals surface area contributed by atoms with E-state index < -0.39 is 0 Å². The molecular weight excluding hydrogens is 408 g/mol. The van der Waals surface area contributed by atoms with E-state index in [9.17, 15) is 4.79 Å². The van der Waals surface area contributed by atoms with Gasteiger partial charge in [0.1, 0.15) is 5.75 Å². The van der Waals surface area contributed by atoms with Crippen molar-refractivity contribution < 1.29 is 9.30 Å². The molecule has 0 bridgehead atoms. The molecule has 0 atom stereocenters. The molecule has 0 unspecified atom stereocenters. The minimum atomic E-state index is 0.0163. The molecule has 0 aliphatic heterocycles. The number of benzene rings is 4. The van der Waals surface area contributed by atoms with Crippen LogP contribution in [0.3, 0.4) is 0 Å². The number of aryl methyl sites for hydroxylation is 3. The molecule has 6 aromatic rings. The Kier molecular flexibility index (Phi) is 4.54. The fourth-order valence-corrected chi connectivity index (χ4v) is 5.20. The summed E-state index contributed by atoms with van der Waals surface area (Å²) in [5.74, 6) is 0.777. The summed E-state index contributed by atoms with van der Waals surface area (Å²) in [6.45, 7) is 2.56.